The van der Waals surface area contributed by atoms with Gasteiger partial charge in [0.15, 0.2) is 16.0 Å². The second-order valence-electron chi connectivity index (χ2n) is 6.78. The lowest BCUT2D eigenvalue weighted by Gasteiger charge is -2.05. The molecule has 1 N–H and O–H groups in total. The summed E-state index contributed by atoms with van der Waals surface area (Å²) in [4.78, 5) is 41.2. The summed E-state index contributed by atoms with van der Waals surface area (Å²) >= 11 is 1.30. The monoisotopic (exact) mass is 437 g/mol. The number of thiazole rings is 1. The van der Waals surface area contributed by atoms with E-state index in [1.165, 1.54) is 18.3 Å². The number of aromatic nitrogens is 1. The Kier molecular flexibility index (Phi) is 5.79. The van der Waals surface area contributed by atoms with Crippen molar-refractivity contribution in [2.24, 2.45) is 4.99 Å². The first-order valence-electron chi connectivity index (χ1n) is 9.48. The molecule has 31 heavy (non-hydrogen) atoms. The van der Waals surface area contributed by atoms with E-state index in [1.807, 2.05) is 16.7 Å². The number of carbonyl (C=O) groups is 2. The van der Waals surface area contributed by atoms with Gasteiger partial charge in [0.1, 0.15) is 5.58 Å². The average molecular weight is 437 g/mol. The molecule has 0 radical (unpaired) electrons. The molecule has 0 atom stereocenters. The van der Waals surface area contributed by atoms with Crippen LogP contribution in [0.25, 0.3) is 21.2 Å². The Hall–Kier alpha value is -3.56. The van der Waals surface area contributed by atoms with Crippen LogP contribution < -0.4 is 15.5 Å². The van der Waals surface area contributed by atoms with Crippen molar-refractivity contribution in [1.29, 1.82) is 0 Å². The average Bonchev–Trinajstić information content (AvgIpc) is 3.07. The number of fused-ring (bicyclic) bond motifs is 2. The molecule has 4 aromatic rings. The minimum atomic E-state index is -0.650. The molecule has 0 bridgehead atoms. The third-order valence-electron chi connectivity index (χ3n) is 4.56. The quantitative estimate of drug-likeness (QED) is 0.517. The van der Waals surface area contributed by atoms with Gasteiger partial charge in [0, 0.05) is 32.3 Å². The molecule has 0 unspecified atom stereocenters. The fraction of sp³-hybridized carbons (Fsp3) is 0.182. The molecule has 9 heteroatoms. The van der Waals surface area contributed by atoms with Gasteiger partial charge in [-0.15, -0.1) is 0 Å². The first kappa shape index (κ1) is 20.7. The number of hydrogen-bond acceptors (Lipinski definition) is 6. The summed E-state index contributed by atoms with van der Waals surface area (Å²) in [6.07, 6.45) is 0. The number of amides is 2. The zero-order chi connectivity index (χ0) is 22.0. The van der Waals surface area contributed by atoms with Crippen LogP contribution in [0.4, 0.5) is 5.69 Å². The van der Waals surface area contributed by atoms with Crippen molar-refractivity contribution in [2.45, 2.75) is 13.5 Å². The third-order valence-corrected chi connectivity index (χ3v) is 5.61. The minimum absolute atomic E-state index is 0.126. The topological polar surface area (TPSA) is 103 Å². The van der Waals surface area contributed by atoms with E-state index >= 15 is 0 Å². The predicted molar refractivity (Wildman–Crippen MR) is 118 cm³/mol. The third kappa shape index (κ3) is 4.32. The van der Waals surface area contributed by atoms with Crippen LogP contribution in [0.15, 0.2) is 62.7 Å². The number of benzene rings is 2. The van der Waals surface area contributed by atoms with Crippen LogP contribution in [-0.4, -0.2) is 30.1 Å². The predicted octanol–water partition coefficient (Wildman–Crippen LogP) is 3.16. The molecule has 0 aliphatic carbocycles. The molecule has 2 aromatic carbocycles. The zero-order valence-corrected chi connectivity index (χ0v) is 17.7. The van der Waals surface area contributed by atoms with E-state index in [9.17, 15) is 14.4 Å². The van der Waals surface area contributed by atoms with E-state index in [-0.39, 0.29) is 17.1 Å². The standard InChI is InChI=1S/C22H19N3O5S/c1-13(26)23-14-7-8-16-20(11-14)31-22(25(16)9-10-29-2)24-21(28)19-12-17(27)15-5-3-4-6-18(15)30-19/h3-8,11-12H,9-10H2,1-2H3,(H,23,26). The maximum absolute atomic E-state index is 12.8. The van der Waals surface area contributed by atoms with E-state index in [0.29, 0.717) is 34.6 Å². The Morgan fingerprint density at radius 2 is 2.00 bits per heavy atom. The first-order valence-corrected chi connectivity index (χ1v) is 10.3. The van der Waals surface area contributed by atoms with Gasteiger partial charge >= 0.3 is 5.91 Å². The lowest BCUT2D eigenvalue weighted by molar-refractivity contribution is -0.114. The number of rotatable bonds is 5. The van der Waals surface area contributed by atoms with Crippen LogP contribution in [-0.2, 0) is 16.1 Å². The highest BCUT2D eigenvalue weighted by atomic mass is 32.1. The van der Waals surface area contributed by atoms with E-state index in [2.05, 4.69) is 10.3 Å². The number of nitrogens with zero attached hydrogens (tertiary/aromatic N) is 2. The molecule has 0 fully saturated rings. The number of ether oxygens (including phenoxy) is 1. The summed E-state index contributed by atoms with van der Waals surface area (Å²) in [6.45, 7) is 2.34. The van der Waals surface area contributed by atoms with Gasteiger partial charge in [-0.05, 0) is 30.3 Å². The Balaban J connectivity index is 1.82. The number of nitrogens with one attached hydrogen (secondary N) is 1. The number of methoxy groups -OCH3 is 1. The largest absolute Gasteiger partial charge is 0.451 e. The summed E-state index contributed by atoms with van der Waals surface area (Å²) in [7, 11) is 1.59. The lowest BCUT2D eigenvalue weighted by atomic mass is 10.2. The fourth-order valence-corrected chi connectivity index (χ4v) is 4.28. The molecule has 0 spiro atoms. The van der Waals surface area contributed by atoms with E-state index < -0.39 is 5.91 Å². The van der Waals surface area contributed by atoms with Crippen molar-refractivity contribution >= 4 is 50.0 Å². The van der Waals surface area contributed by atoms with E-state index in [0.717, 1.165) is 16.3 Å². The summed E-state index contributed by atoms with van der Waals surface area (Å²) in [6, 6.07) is 13.4. The van der Waals surface area contributed by atoms with Gasteiger partial charge < -0.3 is 19.0 Å². The molecule has 0 aliphatic heterocycles. The zero-order valence-electron chi connectivity index (χ0n) is 16.9. The molecular formula is C22H19N3O5S. The number of para-hydroxylation sites is 1. The van der Waals surface area contributed by atoms with Crippen LogP contribution in [0, 0.1) is 0 Å². The molecular weight excluding hydrogens is 418 g/mol. The van der Waals surface area contributed by atoms with Crippen molar-refractivity contribution < 1.29 is 18.7 Å². The Bertz CT molecular complexity index is 1430. The molecule has 0 aliphatic rings. The van der Waals surface area contributed by atoms with Crippen LogP contribution in [0.1, 0.15) is 17.5 Å². The maximum Gasteiger partial charge on any atom is 0.315 e. The van der Waals surface area contributed by atoms with E-state index in [4.69, 9.17) is 9.15 Å². The van der Waals surface area contributed by atoms with Crippen molar-refractivity contribution in [3.63, 3.8) is 0 Å². The Labute approximate surface area is 180 Å². The number of carbonyl (C=O) groups excluding carboxylic acids is 2. The van der Waals surface area contributed by atoms with Gasteiger partial charge in [-0.3, -0.25) is 14.4 Å². The molecule has 2 heterocycles. The van der Waals surface area contributed by atoms with Crippen molar-refractivity contribution in [3.05, 3.63) is 69.3 Å². The number of hydrogen-bond donors (Lipinski definition) is 1. The highest BCUT2D eigenvalue weighted by molar-refractivity contribution is 7.16. The SMILES string of the molecule is COCCn1c(=NC(=O)c2cc(=O)c3ccccc3o2)sc2cc(NC(C)=O)ccc21. The number of anilines is 1. The Morgan fingerprint density at radius 3 is 2.77 bits per heavy atom. The van der Waals surface area contributed by atoms with Gasteiger partial charge in [0.05, 0.1) is 22.2 Å². The minimum Gasteiger partial charge on any atom is -0.451 e. The first-order chi connectivity index (χ1) is 15.0. The smallest absolute Gasteiger partial charge is 0.315 e. The van der Waals surface area contributed by atoms with E-state index in [1.54, 1.807) is 37.4 Å². The lowest BCUT2D eigenvalue weighted by Crippen LogP contribution is -2.19. The normalized spacial score (nSPS) is 11.9. The summed E-state index contributed by atoms with van der Waals surface area (Å²) in [5.41, 5.74) is 1.53. The summed E-state index contributed by atoms with van der Waals surface area (Å²) < 4.78 is 13.5. The van der Waals surface area contributed by atoms with Crippen LogP contribution in [0.2, 0.25) is 0 Å². The van der Waals surface area contributed by atoms with Crippen molar-refractivity contribution in [2.75, 3.05) is 19.0 Å². The summed E-state index contributed by atoms with van der Waals surface area (Å²) in [5.74, 6) is -0.948. The van der Waals surface area contributed by atoms with Crippen LogP contribution in [0.5, 0.6) is 0 Å². The highest BCUT2D eigenvalue weighted by Crippen LogP contribution is 2.22. The Morgan fingerprint density at radius 1 is 1.19 bits per heavy atom. The molecule has 158 valence electrons. The van der Waals surface area contributed by atoms with Gasteiger partial charge in [0.2, 0.25) is 5.91 Å². The molecule has 2 amide bonds. The van der Waals surface area contributed by atoms with Gasteiger partial charge in [0.25, 0.3) is 0 Å². The molecule has 2 aromatic heterocycles. The molecule has 0 saturated heterocycles. The fourth-order valence-electron chi connectivity index (χ4n) is 3.19. The van der Waals surface area contributed by atoms with Crippen LogP contribution in [0.3, 0.4) is 0 Å². The van der Waals surface area contributed by atoms with Crippen LogP contribution >= 0.6 is 11.3 Å². The second-order valence-corrected chi connectivity index (χ2v) is 7.79. The summed E-state index contributed by atoms with van der Waals surface area (Å²) in [5, 5.41) is 3.15. The maximum atomic E-state index is 12.8. The van der Waals surface area contributed by atoms with Gasteiger partial charge in [-0.2, -0.15) is 4.99 Å². The molecule has 8 nitrogen and oxygen atoms in total. The molecule has 4 rings (SSSR count). The van der Waals surface area contributed by atoms with Gasteiger partial charge in [-0.1, -0.05) is 23.5 Å². The van der Waals surface area contributed by atoms with Crippen molar-refractivity contribution in [1.82, 2.24) is 4.57 Å². The van der Waals surface area contributed by atoms with Gasteiger partial charge in [-0.25, -0.2) is 0 Å². The second kappa shape index (κ2) is 8.66. The molecule has 0 saturated carbocycles. The highest BCUT2D eigenvalue weighted by Gasteiger charge is 2.14. The van der Waals surface area contributed by atoms with Crippen molar-refractivity contribution in [3.8, 4) is 0 Å².